The van der Waals surface area contributed by atoms with Crippen molar-refractivity contribution in [2.24, 2.45) is 0 Å². The third-order valence-corrected chi connectivity index (χ3v) is 4.99. The fraction of sp³-hybridized carbons (Fsp3) is 0.455. The summed E-state index contributed by atoms with van der Waals surface area (Å²) in [5, 5.41) is 9.94. The highest BCUT2D eigenvalue weighted by molar-refractivity contribution is 5.94. The fourth-order valence-electron chi connectivity index (χ4n) is 3.53. The zero-order valence-electron chi connectivity index (χ0n) is 15.7. The molecule has 0 radical (unpaired) electrons. The van der Waals surface area contributed by atoms with Gasteiger partial charge >= 0.3 is 0 Å². The Balaban J connectivity index is 1.79. The number of likely N-dealkylation sites (tertiary alicyclic amines) is 1. The van der Waals surface area contributed by atoms with Crippen molar-refractivity contribution in [2.75, 3.05) is 6.54 Å². The van der Waals surface area contributed by atoms with E-state index in [0.717, 1.165) is 49.0 Å². The SMILES string of the molecule is CC(C)(O)CCc1cccc(C(=O)N2CCCC[C@H]2c2ccccn2)c1. The Bertz CT molecular complexity index is 737. The van der Waals surface area contributed by atoms with Crippen LogP contribution in [0.5, 0.6) is 0 Å². The maximum absolute atomic E-state index is 13.2. The standard InChI is InChI=1S/C22H28N2O2/c1-22(2,26)13-12-17-8-7-9-18(16-17)21(25)24-15-6-4-11-20(24)19-10-3-5-14-23-19/h3,5,7-10,14,16,20,26H,4,6,11-13,15H2,1-2H3/t20-/m0/s1. The van der Waals surface area contributed by atoms with E-state index in [1.54, 1.807) is 6.20 Å². The van der Waals surface area contributed by atoms with Crippen molar-refractivity contribution in [1.29, 1.82) is 0 Å². The average molecular weight is 352 g/mol. The molecule has 138 valence electrons. The van der Waals surface area contributed by atoms with Crippen LogP contribution in [-0.4, -0.2) is 33.0 Å². The predicted octanol–water partition coefficient (Wildman–Crippen LogP) is 4.15. The van der Waals surface area contributed by atoms with Gasteiger partial charge in [0.05, 0.1) is 17.3 Å². The number of carbonyl (C=O) groups is 1. The van der Waals surface area contributed by atoms with Crippen LogP contribution < -0.4 is 0 Å². The molecule has 0 unspecified atom stereocenters. The third kappa shape index (κ3) is 4.70. The highest BCUT2D eigenvalue weighted by Crippen LogP contribution is 2.31. The summed E-state index contributed by atoms with van der Waals surface area (Å²) in [7, 11) is 0. The second-order valence-corrected chi connectivity index (χ2v) is 7.78. The molecule has 1 saturated heterocycles. The van der Waals surface area contributed by atoms with E-state index >= 15 is 0 Å². The molecular formula is C22H28N2O2. The second kappa shape index (κ2) is 8.00. The Labute approximate surface area is 155 Å². The summed E-state index contributed by atoms with van der Waals surface area (Å²) in [6.45, 7) is 4.40. The number of rotatable bonds is 5. The summed E-state index contributed by atoms with van der Waals surface area (Å²) >= 11 is 0. The largest absolute Gasteiger partial charge is 0.390 e. The molecule has 3 rings (SSSR count). The molecule has 1 N–H and O–H groups in total. The number of nitrogens with zero attached hydrogens (tertiary/aromatic N) is 2. The second-order valence-electron chi connectivity index (χ2n) is 7.78. The summed E-state index contributed by atoms with van der Waals surface area (Å²) in [5.41, 5.74) is 2.08. The lowest BCUT2D eigenvalue weighted by atomic mass is 9.96. The first-order chi connectivity index (χ1) is 12.4. The first-order valence-corrected chi connectivity index (χ1v) is 9.47. The third-order valence-electron chi connectivity index (χ3n) is 4.99. The molecule has 1 aromatic carbocycles. The zero-order chi connectivity index (χ0) is 18.6. The van der Waals surface area contributed by atoms with Crippen LogP contribution in [0, 0.1) is 0 Å². The van der Waals surface area contributed by atoms with E-state index in [1.165, 1.54) is 0 Å². The van der Waals surface area contributed by atoms with Gasteiger partial charge in [-0.2, -0.15) is 0 Å². The van der Waals surface area contributed by atoms with Gasteiger partial charge in [0.2, 0.25) is 0 Å². The summed E-state index contributed by atoms with van der Waals surface area (Å²) in [6, 6.07) is 13.8. The molecular weight excluding hydrogens is 324 g/mol. The molecule has 2 aromatic rings. The molecule has 1 fully saturated rings. The van der Waals surface area contributed by atoms with Crippen molar-refractivity contribution in [3.63, 3.8) is 0 Å². The van der Waals surface area contributed by atoms with Crippen molar-refractivity contribution in [3.8, 4) is 0 Å². The smallest absolute Gasteiger partial charge is 0.254 e. The lowest BCUT2D eigenvalue weighted by Crippen LogP contribution is -2.38. The summed E-state index contributed by atoms with van der Waals surface area (Å²) in [4.78, 5) is 19.6. The van der Waals surface area contributed by atoms with Gasteiger partial charge in [-0.25, -0.2) is 0 Å². The molecule has 1 atom stereocenters. The summed E-state index contributed by atoms with van der Waals surface area (Å²) in [6.07, 6.45) is 6.34. The van der Waals surface area contributed by atoms with Crippen LogP contribution in [-0.2, 0) is 6.42 Å². The minimum Gasteiger partial charge on any atom is -0.390 e. The first kappa shape index (κ1) is 18.6. The van der Waals surface area contributed by atoms with Crippen LogP contribution in [0.4, 0.5) is 0 Å². The highest BCUT2D eigenvalue weighted by atomic mass is 16.3. The number of hydrogen-bond donors (Lipinski definition) is 1. The fourth-order valence-corrected chi connectivity index (χ4v) is 3.53. The predicted molar refractivity (Wildman–Crippen MR) is 103 cm³/mol. The molecule has 4 nitrogen and oxygen atoms in total. The maximum atomic E-state index is 13.2. The van der Waals surface area contributed by atoms with E-state index < -0.39 is 5.60 Å². The monoisotopic (exact) mass is 352 g/mol. The van der Waals surface area contributed by atoms with Gasteiger partial charge in [0.25, 0.3) is 5.91 Å². The van der Waals surface area contributed by atoms with Crippen LogP contribution in [0.2, 0.25) is 0 Å². The number of carbonyl (C=O) groups excluding carboxylic acids is 1. The molecule has 0 spiro atoms. The Morgan fingerprint density at radius 3 is 2.81 bits per heavy atom. The highest BCUT2D eigenvalue weighted by Gasteiger charge is 2.29. The van der Waals surface area contributed by atoms with Crippen LogP contribution in [0.25, 0.3) is 0 Å². The normalized spacial score (nSPS) is 18.0. The number of aryl methyl sites for hydroxylation is 1. The maximum Gasteiger partial charge on any atom is 0.254 e. The zero-order valence-corrected chi connectivity index (χ0v) is 15.7. The molecule has 1 amide bonds. The van der Waals surface area contributed by atoms with E-state index in [9.17, 15) is 9.90 Å². The minimum atomic E-state index is -0.697. The number of aliphatic hydroxyl groups is 1. The van der Waals surface area contributed by atoms with Gasteiger partial charge in [0, 0.05) is 18.3 Å². The number of amides is 1. The van der Waals surface area contributed by atoms with E-state index in [2.05, 4.69) is 4.98 Å². The topological polar surface area (TPSA) is 53.4 Å². The molecule has 4 heteroatoms. The molecule has 0 bridgehead atoms. The summed E-state index contributed by atoms with van der Waals surface area (Å²) < 4.78 is 0. The molecule has 0 aliphatic carbocycles. The molecule has 26 heavy (non-hydrogen) atoms. The van der Waals surface area contributed by atoms with Gasteiger partial charge in [0.1, 0.15) is 0 Å². The summed E-state index contributed by atoms with van der Waals surface area (Å²) in [5.74, 6) is 0.0745. The van der Waals surface area contributed by atoms with E-state index in [-0.39, 0.29) is 11.9 Å². The van der Waals surface area contributed by atoms with Crippen molar-refractivity contribution in [1.82, 2.24) is 9.88 Å². The Morgan fingerprint density at radius 2 is 2.08 bits per heavy atom. The Morgan fingerprint density at radius 1 is 1.23 bits per heavy atom. The van der Waals surface area contributed by atoms with Gasteiger partial charge in [-0.1, -0.05) is 18.2 Å². The quantitative estimate of drug-likeness (QED) is 0.879. The van der Waals surface area contributed by atoms with Crippen molar-refractivity contribution in [3.05, 3.63) is 65.5 Å². The lowest BCUT2D eigenvalue weighted by Gasteiger charge is -2.35. The molecule has 1 aromatic heterocycles. The Hall–Kier alpha value is -2.20. The molecule has 0 saturated carbocycles. The number of aromatic nitrogens is 1. The van der Waals surface area contributed by atoms with Gasteiger partial charge in [0.15, 0.2) is 0 Å². The molecule has 2 heterocycles. The molecule has 1 aliphatic heterocycles. The number of pyridine rings is 1. The minimum absolute atomic E-state index is 0.0532. The van der Waals surface area contributed by atoms with Crippen molar-refractivity contribution < 1.29 is 9.90 Å². The lowest BCUT2D eigenvalue weighted by molar-refractivity contribution is 0.0606. The van der Waals surface area contributed by atoms with Gasteiger partial charge in [-0.05, 0) is 75.8 Å². The van der Waals surface area contributed by atoms with E-state index in [0.29, 0.717) is 6.42 Å². The van der Waals surface area contributed by atoms with Crippen molar-refractivity contribution >= 4 is 5.91 Å². The van der Waals surface area contributed by atoms with E-state index in [4.69, 9.17) is 0 Å². The van der Waals surface area contributed by atoms with E-state index in [1.807, 2.05) is 61.2 Å². The van der Waals surface area contributed by atoms with Crippen LogP contribution in [0.1, 0.15) is 67.2 Å². The van der Waals surface area contributed by atoms with Crippen LogP contribution in [0.3, 0.4) is 0 Å². The van der Waals surface area contributed by atoms with Gasteiger partial charge in [-0.15, -0.1) is 0 Å². The number of benzene rings is 1. The number of hydrogen-bond acceptors (Lipinski definition) is 3. The van der Waals surface area contributed by atoms with Gasteiger partial charge < -0.3 is 10.0 Å². The van der Waals surface area contributed by atoms with Crippen molar-refractivity contribution in [2.45, 2.75) is 57.6 Å². The van der Waals surface area contributed by atoms with Crippen LogP contribution in [0.15, 0.2) is 48.7 Å². The first-order valence-electron chi connectivity index (χ1n) is 9.47. The molecule has 1 aliphatic rings. The van der Waals surface area contributed by atoms with Crippen LogP contribution >= 0.6 is 0 Å². The number of piperidine rings is 1. The Kier molecular flexibility index (Phi) is 5.72. The average Bonchev–Trinajstić information content (AvgIpc) is 2.66. The van der Waals surface area contributed by atoms with Gasteiger partial charge in [-0.3, -0.25) is 9.78 Å².